The van der Waals surface area contributed by atoms with Crippen molar-refractivity contribution in [2.75, 3.05) is 25.5 Å². The van der Waals surface area contributed by atoms with Gasteiger partial charge in [-0.2, -0.15) is 0 Å². The quantitative estimate of drug-likeness (QED) is 0.911. The van der Waals surface area contributed by atoms with Gasteiger partial charge in [0.05, 0.1) is 0 Å². The maximum Gasteiger partial charge on any atom is 0.130 e. The van der Waals surface area contributed by atoms with E-state index in [-0.39, 0.29) is 5.41 Å². The Morgan fingerprint density at radius 3 is 2.71 bits per heavy atom. The lowest BCUT2D eigenvalue weighted by atomic mass is 9.83. The molecule has 2 aromatic rings. The van der Waals surface area contributed by atoms with Gasteiger partial charge in [0, 0.05) is 30.4 Å². The van der Waals surface area contributed by atoms with Crippen LogP contribution < -0.4 is 5.32 Å². The number of pyridine rings is 1. The van der Waals surface area contributed by atoms with Crippen LogP contribution >= 0.6 is 0 Å². The molecule has 3 heteroatoms. The number of likely N-dealkylation sites (N-methyl/N-ethyl adjacent to an activating group) is 1. The molecule has 1 aromatic carbocycles. The van der Waals surface area contributed by atoms with Gasteiger partial charge in [-0.05, 0) is 42.8 Å². The van der Waals surface area contributed by atoms with Gasteiger partial charge in [-0.3, -0.25) is 0 Å². The summed E-state index contributed by atoms with van der Waals surface area (Å²) < 4.78 is 0. The van der Waals surface area contributed by atoms with Crippen molar-refractivity contribution in [2.24, 2.45) is 0 Å². The van der Waals surface area contributed by atoms with Crippen molar-refractivity contribution in [3.05, 3.63) is 53.7 Å². The maximum absolute atomic E-state index is 4.62. The Hall–Kier alpha value is -1.87. The van der Waals surface area contributed by atoms with Gasteiger partial charge in [0.25, 0.3) is 0 Å². The summed E-state index contributed by atoms with van der Waals surface area (Å²) in [5, 5.41) is 3.39. The van der Waals surface area contributed by atoms with Crippen molar-refractivity contribution < 1.29 is 0 Å². The molecule has 0 aliphatic carbocycles. The maximum atomic E-state index is 4.62. The van der Waals surface area contributed by atoms with E-state index in [9.17, 15) is 0 Å². The lowest BCUT2D eigenvalue weighted by Crippen LogP contribution is -2.33. The third-order valence-electron chi connectivity index (χ3n) is 4.19. The van der Waals surface area contributed by atoms with Crippen LogP contribution in [0.1, 0.15) is 25.0 Å². The van der Waals surface area contributed by atoms with E-state index in [4.69, 9.17) is 0 Å². The zero-order chi connectivity index (χ0) is 14.9. The lowest BCUT2D eigenvalue weighted by molar-refractivity contribution is 0.283. The number of benzene rings is 1. The summed E-state index contributed by atoms with van der Waals surface area (Å²) in [4.78, 5) is 7.03. The Kier molecular flexibility index (Phi) is 3.68. The van der Waals surface area contributed by atoms with Gasteiger partial charge < -0.3 is 10.2 Å². The minimum Gasteiger partial charge on any atom is -0.340 e. The average molecular weight is 281 g/mol. The SMILES string of the molecule is CN1CCc2cc(Nc3ccccc3)ncc2C(C)(C)C1. The molecular weight excluding hydrogens is 258 g/mol. The van der Waals surface area contributed by atoms with E-state index < -0.39 is 0 Å². The summed E-state index contributed by atoms with van der Waals surface area (Å²) in [7, 11) is 2.20. The Morgan fingerprint density at radius 2 is 1.95 bits per heavy atom. The van der Waals surface area contributed by atoms with Crippen molar-refractivity contribution in [1.82, 2.24) is 9.88 Å². The molecule has 0 amide bonds. The fourth-order valence-electron chi connectivity index (χ4n) is 3.20. The minimum atomic E-state index is 0.152. The van der Waals surface area contributed by atoms with Crippen molar-refractivity contribution in [3.8, 4) is 0 Å². The van der Waals surface area contributed by atoms with E-state index in [1.807, 2.05) is 18.2 Å². The number of rotatable bonds is 2. The molecule has 1 aliphatic rings. The Morgan fingerprint density at radius 1 is 1.19 bits per heavy atom. The summed E-state index contributed by atoms with van der Waals surface area (Å²) in [6.07, 6.45) is 3.14. The molecule has 110 valence electrons. The predicted octanol–water partition coefficient (Wildman–Crippen LogP) is 3.59. The van der Waals surface area contributed by atoms with Gasteiger partial charge in [-0.1, -0.05) is 32.0 Å². The average Bonchev–Trinajstić information content (AvgIpc) is 2.56. The van der Waals surface area contributed by atoms with Gasteiger partial charge >= 0.3 is 0 Å². The van der Waals surface area contributed by atoms with Crippen LogP contribution in [0.15, 0.2) is 42.6 Å². The van der Waals surface area contributed by atoms with Crippen LogP contribution in [0.5, 0.6) is 0 Å². The van der Waals surface area contributed by atoms with Crippen LogP contribution in [0.3, 0.4) is 0 Å². The first-order chi connectivity index (χ1) is 10.0. The summed E-state index contributed by atoms with van der Waals surface area (Å²) >= 11 is 0. The topological polar surface area (TPSA) is 28.2 Å². The first-order valence-corrected chi connectivity index (χ1v) is 7.55. The largest absolute Gasteiger partial charge is 0.340 e. The van der Waals surface area contributed by atoms with Gasteiger partial charge in [-0.15, -0.1) is 0 Å². The monoisotopic (exact) mass is 281 g/mol. The first-order valence-electron chi connectivity index (χ1n) is 7.55. The number of hydrogen-bond acceptors (Lipinski definition) is 3. The van der Waals surface area contributed by atoms with Gasteiger partial charge in [0.2, 0.25) is 0 Å². The molecule has 3 rings (SSSR count). The summed E-state index contributed by atoms with van der Waals surface area (Å²) in [5.41, 5.74) is 4.02. The van der Waals surface area contributed by atoms with Gasteiger partial charge in [0.15, 0.2) is 0 Å². The van der Waals surface area contributed by atoms with E-state index in [0.717, 1.165) is 31.0 Å². The smallest absolute Gasteiger partial charge is 0.130 e. The van der Waals surface area contributed by atoms with Crippen molar-refractivity contribution in [3.63, 3.8) is 0 Å². The second kappa shape index (κ2) is 5.49. The molecule has 0 unspecified atom stereocenters. The van der Waals surface area contributed by atoms with E-state index in [1.54, 1.807) is 0 Å². The highest BCUT2D eigenvalue weighted by Gasteiger charge is 2.28. The number of hydrogen-bond donors (Lipinski definition) is 1. The fraction of sp³-hybridized carbons (Fsp3) is 0.389. The molecule has 21 heavy (non-hydrogen) atoms. The minimum absolute atomic E-state index is 0.152. The van der Waals surface area contributed by atoms with Crippen LogP contribution in [0.4, 0.5) is 11.5 Å². The molecular formula is C18H23N3. The first kappa shape index (κ1) is 14.1. The molecule has 0 bridgehead atoms. The number of para-hydroxylation sites is 1. The molecule has 0 spiro atoms. The predicted molar refractivity (Wildman–Crippen MR) is 88.2 cm³/mol. The van der Waals surface area contributed by atoms with Crippen LogP contribution in [0.2, 0.25) is 0 Å². The van der Waals surface area contributed by atoms with E-state index in [1.165, 1.54) is 11.1 Å². The number of anilines is 2. The standard InChI is InChI=1S/C18H23N3/c1-18(2)13-21(3)10-9-14-11-17(19-12-16(14)18)20-15-7-5-4-6-8-15/h4-8,11-12H,9-10,13H2,1-3H3,(H,19,20). The van der Waals surface area contributed by atoms with Gasteiger partial charge in [-0.25, -0.2) is 4.98 Å². The number of nitrogens with zero attached hydrogens (tertiary/aromatic N) is 2. The zero-order valence-corrected chi connectivity index (χ0v) is 13.1. The highest BCUT2D eigenvalue weighted by molar-refractivity contribution is 5.57. The Balaban J connectivity index is 1.91. The third kappa shape index (κ3) is 3.08. The van der Waals surface area contributed by atoms with Crippen LogP contribution in [0, 0.1) is 0 Å². The number of fused-ring (bicyclic) bond motifs is 1. The Labute approximate surface area is 127 Å². The van der Waals surface area contributed by atoms with Crippen molar-refractivity contribution in [2.45, 2.75) is 25.7 Å². The molecule has 3 nitrogen and oxygen atoms in total. The van der Waals surface area contributed by atoms with E-state index in [2.05, 4.69) is 60.5 Å². The molecule has 2 heterocycles. The van der Waals surface area contributed by atoms with Crippen LogP contribution in [-0.4, -0.2) is 30.0 Å². The molecule has 0 atom stereocenters. The fourth-order valence-corrected chi connectivity index (χ4v) is 3.20. The molecule has 0 saturated heterocycles. The van der Waals surface area contributed by atoms with E-state index >= 15 is 0 Å². The lowest BCUT2D eigenvalue weighted by Gasteiger charge is -2.28. The molecule has 1 N–H and O–H groups in total. The molecule has 1 aromatic heterocycles. The van der Waals surface area contributed by atoms with Crippen molar-refractivity contribution in [1.29, 1.82) is 0 Å². The molecule has 1 aliphatic heterocycles. The zero-order valence-electron chi connectivity index (χ0n) is 13.1. The molecule has 0 fully saturated rings. The van der Waals surface area contributed by atoms with Crippen LogP contribution in [0.25, 0.3) is 0 Å². The second-order valence-corrected chi connectivity index (χ2v) is 6.59. The van der Waals surface area contributed by atoms with Gasteiger partial charge in [0.1, 0.15) is 5.82 Å². The normalized spacial score (nSPS) is 17.9. The number of aromatic nitrogens is 1. The summed E-state index contributed by atoms with van der Waals surface area (Å²) in [5.74, 6) is 0.931. The summed E-state index contributed by atoms with van der Waals surface area (Å²) in [6, 6.07) is 12.4. The van der Waals surface area contributed by atoms with Crippen molar-refractivity contribution >= 4 is 11.5 Å². The Bertz CT molecular complexity index is 620. The van der Waals surface area contributed by atoms with Crippen LogP contribution in [-0.2, 0) is 11.8 Å². The number of nitrogens with one attached hydrogen (secondary N) is 1. The summed E-state index contributed by atoms with van der Waals surface area (Å²) in [6.45, 7) is 6.79. The highest BCUT2D eigenvalue weighted by Crippen LogP contribution is 2.31. The van der Waals surface area contributed by atoms with E-state index in [0.29, 0.717) is 0 Å². The second-order valence-electron chi connectivity index (χ2n) is 6.59. The highest BCUT2D eigenvalue weighted by atomic mass is 15.1. The third-order valence-corrected chi connectivity index (χ3v) is 4.19. The molecule has 0 saturated carbocycles. The molecule has 0 radical (unpaired) electrons.